The second kappa shape index (κ2) is 7.67. The lowest BCUT2D eigenvalue weighted by Crippen LogP contribution is -2.40. The van der Waals surface area contributed by atoms with Crippen molar-refractivity contribution in [3.63, 3.8) is 0 Å². The van der Waals surface area contributed by atoms with Crippen LogP contribution in [0.5, 0.6) is 5.75 Å². The maximum atomic E-state index is 13.2. The highest BCUT2D eigenvalue weighted by atomic mass is 32.2. The molecular weight excluding hydrogens is 372 g/mol. The number of para-hydroxylation sites is 3. The lowest BCUT2D eigenvalue weighted by Gasteiger charge is -2.25. The molecule has 0 saturated heterocycles. The second-order valence-corrected chi connectivity index (χ2v) is 8.11. The first-order valence-corrected chi connectivity index (χ1v) is 10.1. The van der Waals surface area contributed by atoms with Crippen molar-refractivity contribution in [3.05, 3.63) is 60.4 Å². The number of ether oxygens (including phenoxy) is 1. The number of benzene rings is 2. The molecule has 0 fully saturated rings. The van der Waals surface area contributed by atoms with E-state index >= 15 is 0 Å². The van der Waals surface area contributed by atoms with Crippen LogP contribution in [0, 0.1) is 0 Å². The lowest BCUT2D eigenvalue weighted by atomic mass is 10.1. The maximum Gasteiger partial charge on any atom is 0.240 e. The van der Waals surface area contributed by atoms with E-state index in [0.29, 0.717) is 5.16 Å². The molecule has 1 aliphatic heterocycles. The molecule has 7 heteroatoms. The van der Waals surface area contributed by atoms with E-state index in [0.717, 1.165) is 23.5 Å². The summed E-state index contributed by atoms with van der Waals surface area (Å²) in [6, 6.07) is 15.9. The minimum absolute atomic E-state index is 0.0806. The molecule has 4 rings (SSSR count). The van der Waals surface area contributed by atoms with E-state index in [1.54, 1.807) is 13.4 Å². The molecule has 144 valence electrons. The molecule has 3 aromatic rings. The van der Waals surface area contributed by atoms with Gasteiger partial charge in [-0.25, -0.2) is 0 Å². The Balaban J connectivity index is 1.58. The molecule has 0 radical (unpaired) electrons. The van der Waals surface area contributed by atoms with Gasteiger partial charge in [-0.05, 0) is 44.0 Å². The van der Waals surface area contributed by atoms with Crippen molar-refractivity contribution in [2.24, 2.45) is 0 Å². The summed E-state index contributed by atoms with van der Waals surface area (Å²) in [4.78, 5) is 15.2. The molecule has 2 atom stereocenters. The van der Waals surface area contributed by atoms with Gasteiger partial charge in [0.2, 0.25) is 5.91 Å². The molecular formula is C21H22N4O2S. The van der Waals surface area contributed by atoms with Gasteiger partial charge >= 0.3 is 0 Å². The summed E-state index contributed by atoms with van der Waals surface area (Å²) in [7, 11) is 1.63. The highest BCUT2D eigenvalue weighted by molar-refractivity contribution is 8.00. The largest absolute Gasteiger partial charge is 0.495 e. The Labute approximate surface area is 168 Å². The predicted molar refractivity (Wildman–Crippen MR) is 110 cm³/mol. The van der Waals surface area contributed by atoms with Crippen LogP contribution in [-0.4, -0.2) is 39.1 Å². The van der Waals surface area contributed by atoms with E-state index in [-0.39, 0.29) is 17.2 Å². The molecule has 1 aromatic heterocycles. The van der Waals surface area contributed by atoms with Crippen molar-refractivity contribution >= 4 is 23.4 Å². The average molecular weight is 395 g/mol. The molecule has 2 aromatic carbocycles. The first kappa shape index (κ1) is 18.6. The highest BCUT2D eigenvalue weighted by Crippen LogP contribution is 2.35. The summed E-state index contributed by atoms with van der Waals surface area (Å²) in [5, 5.41) is 8.63. The molecule has 0 spiro atoms. The summed E-state index contributed by atoms with van der Waals surface area (Å²) in [6.07, 6.45) is 2.53. The molecule has 0 N–H and O–H groups in total. The number of fused-ring (bicyclic) bond motifs is 1. The van der Waals surface area contributed by atoms with Gasteiger partial charge in [-0.3, -0.25) is 9.36 Å². The first-order chi connectivity index (χ1) is 13.6. The van der Waals surface area contributed by atoms with Crippen molar-refractivity contribution < 1.29 is 9.53 Å². The van der Waals surface area contributed by atoms with E-state index < -0.39 is 0 Å². The zero-order valence-corrected chi connectivity index (χ0v) is 16.9. The molecule has 0 unspecified atom stereocenters. The second-order valence-electron chi connectivity index (χ2n) is 6.81. The molecule has 28 heavy (non-hydrogen) atoms. The van der Waals surface area contributed by atoms with Gasteiger partial charge in [0.1, 0.15) is 12.1 Å². The van der Waals surface area contributed by atoms with Crippen LogP contribution < -0.4 is 9.64 Å². The van der Waals surface area contributed by atoms with Crippen molar-refractivity contribution in [1.82, 2.24) is 14.8 Å². The third-order valence-electron chi connectivity index (χ3n) is 4.94. The van der Waals surface area contributed by atoms with E-state index in [4.69, 9.17) is 4.74 Å². The molecule has 6 nitrogen and oxygen atoms in total. The van der Waals surface area contributed by atoms with E-state index in [1.807, 2.05) is 58.9 Å². The monoisotopic (exact) mass is 394 g/mol. The van der Waals surface area contributed by atoms with Gasteiger partial charge in [0.15, 0.2) is 5.16 Å². The Kier molecular flexibility index (Phi) is 5.09. The van der Waals surface area contributed by atoms with Crippen molar-refractivity contribution in [2.75, 3.05) is 12.0 Å². The fourth-order valence-electron chi connectivity index (χ4n) is 3.60. The van der Waals surface area contributed by atoms with Crippen LogP contribution in [0.3, 0.4) is 0 Å². The van der Waals surface area contributed by atoms with Gasteiger partial charge in [0.25, 0.3) is 0 Å². The third-order valence-corrected chi connectivity index (χ3v) is 5.98. The minimum atomic E-state index is -0.300. The predicted octanol–water partition coefficient (Wildman–Crippen LogP) is 3.73. The van der Waals surface area contributed by atoms with Gasteiger partial charge in [-0.2, -0.15) is 0 Å². The van der Waals surface area contributed by atoms with Crippen molar-refractivity contribution in [1.29, 1.82) is 0 Å². The summed E-state index contributed by atoms with van der Waals surface area (Å²) in [5.41, 5.74) is 3.08. The number of hydrogen-bond donors (Lipinski definition) is 0. The summed E-state index contributed by atoms with van der Waals surface area (Å²) in [5.74, 6) is 0.808. The fourth-order valence-corrected chi connectivity index (χ4v) is 4.49. The summed E-state index contributed by atoms with van der Waals surface area (Å²) >= 11 is 1.41. The number of nitrogens with zero attached hydrogens (tertiary/aromatic N) is 4. The maximum absolute atomic E-state index is 13.2. The van der Waals surface area contributed by atoms with Crippen LogP contribution in [0.1, 0.15) is 19.4 Å². The van der Waals surface area contributed by atoms with Crippen LogP contribution in [0.2, 0.25) is 0 Å². The lowest BCUT2D eigenvalue weighted by molar-refractivity contribution is -0.118. The Bertz CT molecular complexity index is 1000. The summed E-state index contributed by atoms with van der Waals surface area (Å²) < 4.78 is 7.31. The minimum Gasteiger partial charge on any atom is -0.495 e. The molecule has 2 heterocycles. The number of carbonyl (C=O) groups is 1. The van der Waals surface area contributed by atoms with E-state index in [2.05, 4.69) is 23.2 Å². The zero-order valence-electron chi connectivity index (χ0n) is 16.1. The van der Waals surface area contributed by atoms with Crippen LogP contribution in [0.4, 0.5) is 5.69 Å². The van der Waals surface area contributed by atoms with Gasteiger partial charge in [-0.1, -0.05) is 42.1 Å². The van der Waals surface area contributed by atoms with Crippen LogP contribution in [0.25, 0.3) is 5.69 Å². The first-order valence-electron chi connectivity index (χ1n) is 9.21. The smallest absolute Gasteiger partial charge is 0.240 e. The number of anilines is 1. The Hall–Kier alpha value is -2.80. The molecule has 0 aliphatic carbocycles. The van der Waals surface area contributed by atoms with Crippen molar-refractivity contribution in [2.45, 2.75) is 36.7 Å². The molecule has 0 saturated carbocycles. The topological polar surface area (TPSA) is 60.2 Å². The standard InChI is InChI=1S/C21H22N4O2S/c1-14-12-16-8-4-5-9-17(16)25(14)20(26)15(2)28-21-23-22-13-24(21)18-10-6-7-11-19(18)27-3/h4-11,13-15H,12H2,1-3H3/t14-,15+/m1/s1. The normalized spacial score (nSPS) is 16.7. The number of carbonyl (C=O) groups excluding carboxylic acids is 1. The van der Waals surface area contributed by atoms with Crippen molar-refractivity contribution in [3.8, 4) is 11.4 Å². The van der Waals surface area contributed by atoms with Gasteiger partial charge in [0.05, 0.1) is 18.0 Å². The van der Waals surface area contributed by atoms with Gasteiger partial charge < -0.3 is 9.64 Å². The van der Waals surface area contributed by atoms with Crippen LogP contribution >= 0.6 is 11.8 Å². The van der Waals surface area contributed by atoms with E-state index in [1.165, 1.54) is 17.3 Å². The molecule has 1 amide bonds. The average Bonchev–Trinajstić information content (AvgIpc) is 3.30. The molecule has 1 aliphatic rings. The fraction of sp³-hybridized carbons (Fsp3) is 0.286. The Morgan fingerprint density at radius 2 is 1.89 bits per heavy atom. The number of rotatable bonds is 5. The number of methoxy groups -OCH3 is 1. The van der Waals surface area contributed by atoms with Gasteiger partial charge in [0, 0.05) is 11.7 Å². The number of aromatic nitrogens is 3. The van der Waals surface area contributed by atoms with Crippen LogP contribution in [-0.2, 0) is 11.2 Å². The molecule has 0 bridgehead atoms. The van der Waals surface area contributed by atoms with E-state index in [9.17, 15) is 4.79 Å². The number of amides is 1. The zero-order chi connectivity index (χ0) is 19.7. The Morgan fingerprint density at radius 3 is 2.68 bits per heavy atom. The Morgan fingerprint density at radius 1 is 1.18 bits per heavy atom. The number of hydrogen-bond acceptors (Lipinski definition) is 5. The highest BCUT2D eigenvalue weighted by Gasteiger charge is 2.34. The van der Waals surface area contributed by atoms with Crippen LogP contribution in [0.15, 0.2) is 60.0 Å². The van der Waals surface area contributed by atoms with Gasteiger partial charge in [-0.15, -0.1) is 10.2 Å². The third kappa shape index (κ3) is 3.26. The SMILES string of the molecule is COc1ccccc1-n1cnnc1S[C@@H](C)C(=O)N1c2ccccc2C[C@H]1C. The number of thioether (sulfide) groups is 1. The quantitative estimate of drug-likeness (QED) is 0.617. The summed E-state index contributed by atoms with van der Waals surface area (Å²) in [6.45, 7) is 4.01.